The highest BCUT2D eigenvalue weighted by Crippen LogP contribution is 2.30. The van der Waals surface area contributed by atoms with Gasteiger partial charge in [-0.05, 0) is 57.7 Å². The van der Waals surface area contributed by atoms with E-state index >= 15 is 0 Å². The van der Waals surface area contributed by atoms with Crippen molar-refractivity contribution in [3.05, 3.63) is 82.7 Å². The highest BCUT2D eigenvalue weighted by molar-refractivity contribution is 9.10. The molecule has 0 spiro atoms. The van der Waals surface area contributed by atoms with Crippen LogP contribution in [0, 0.1) is 0 Å². The minimum atomic E-state index is -0.0299. The highest BCUT2D eigenvalue weighted by atomic mass is 79.9. The normalized spacial score (nSPS) is 12.0. The minimum Gasteiger partial charge on any atom is -0.497 e. The smallest absolute Gasteiger partial charge is 0.153 e. The third-order valence-electron chi connectivity index (χ3n) is 4.77. The molecule has 2 aromatic heterocycles. The van der Waals surface area contributed by atoms with Gasteiger partial charge in [-0.2, -0.15) is 5.10 Å². The Balaban J connectivity index is 1.73. The molecule has 0 saturated heterocycles. The number of methoxy groups -OCH3 is 2. The second-order valence-electron chi connectivity index (χ2n) is 6.59. The fourth-order valence-corrected chi connectivity index (χ4v) is 3.79. The van der Waals surface area contributed by atoms with Gasteiger partial charge in [0.05, 0.1) is 30.9 Å². The van der Waals surface area contributed by atoms with Crippen LogP contribution in [-0.2, 0) is 6.42 Å². The van der Waals surface area contributed by atoms with Gasteiger partial charge in [0.25, 0.3) is 0 Å². The maximum absolute atomic E-state index is 5.43. The number of halogens is 1. The Bertz CT molecular complexity index is 1130. The van der Waals surface area contributed by atoms with Gasteiger partial charge in [-0.25, -0.2) is 9.50 Å². The van der Waals surface area contributed by atoms with Crippen LogP contribution in [0.3, 0.4) is 0 Å². The lowest BCUT2D eigenvalue weighted by Gasteiger charge is -2.21. The maximum atomic E-state index is 5.43. The summed E-state index contributed by atoms with van der Waals surface area (Å²) in [6.45, 7) is 0. The molecule has 148 valence electrons. The molecule has 1 N–H and O–H groups in total. The van der Waals surface area contributed by atoms with Gasteiger partial charge < -0.3 is 14.8 Å². The summed E-state index contributed by atoms with van der Waals surface area (Å²) in [5.41, 5.74) is 3.15. The van der Waals surface area contributed by atoms with Crippen molar-refractivity contribution in [1.82, 2.24) is 14.6 Å². The molecule has 0 aliphatic heterocycles. The lowest BCUT2D eigenvalue weighted by molar-refractivity contribution is 0.413. The van der Waals surface area contributed by atoms with Gasteiger partial charge in [0.15, 0.2) is 5.82 Å². The summed E-state index contributed by atoms with van der Waals surface area (Å²) >= 11 is 3.57. The van der Waals surface area contributed by atoms with Crippen molar-refractivity contribution in [1.29, 1.82) is 0 Å². The van der Waals surface area contributed by atoms with E-state index < -0.39 is 0 Å². The standard InChI is InChI=1S/C22H21BrN4O2/c1-28-17-7-3-5-15(11-17)12-20(16-6-4-8-18(13-16)29-2)26-22-21-19(23)14-25-27(21)10-9-24-22/h3-11,13-14,20H,12H2,1-2H3,(H,24,26). The van der Waals surface area contributed by atoms with E-state index in [1.54, 1.807) is 31.1 Å². The molecule has 4 aromatic rings. The molecule has 7 heteroatoms. The van der Waals surface area contributed by atoms with Crippen LogP contribution in [0.15, 0.2) is 71.6 Å². The quantitative estimate of drug-likeness (QED) is 0.431. The van der Waals surface area contributed by atoms with E-state index in [-0.39, 0.29) is 6.04 Å². The Hall–Kier alpha value is -3.06. The van der Waals surface area contributed by atoms with E-state index in [0.29, 0.717) is 0 Å². The molecule has 0 aliphatic carbocycles. The summed E-state index contributed by atoms with van der Waals surface area (Å²) in [4.78, 5) is 4.57. The van der Waals surface area contributed by atoms with Crippen molar-refractivity contribution >= 4 is 27.3 Å². The SMILES string of the molecule is COc1cccc(CC(Nc2nccn3ncc(Br)c23)c2cccc(OC)c2)c1. The first-order chi connectivity index (χ1) is 14.2. The molecule has 0 amide bonds. The van der Waals surface area contributed by atoms with Crippen LogP contribution in [0.25, 0.3) is 5.52 Å². The van der Waals surface area contributed by atoms with Crippen LogP contribution in [-0.4, -0.2) is 28.8 Å². The molecule has 29 heavy (non-hydrogen) atoms. The molecule has 4 rings (SSSR count). The van der Waals surface area contributed by atoms with Gasteiger partial charge in [-0.3, -0.25) is 0 Å². The lowest BCUT2D eigenvalue weighted by Crippen LogP contribution is -2.15. The van der Waals surface area contributed by atoms with E-state index in [1.807, 2.05) is 36.5 Å². The van der Waals surface area contributed by atoms with Gasteiger partial charge in [0.1, 0.15) is 17.0 Å². The number of ether oxygens (including phenoxy) is 2. The molecule has 2 heterocycles. The van der Waals surface area contributed by atoms with Crippen LogP contribution in [0.4, 0.5) is 5.82 Å². The van der Waals surface area contributed by atoms with E-state index in [9.17, 15) is 0 Å². The Kier molecular flexibility index (Phi) is 5.67. The van der Waals surface area contributed by atoms with Gasteiger partial charge in [-0.1, -0.05) is 24.3 Å². The predicted octanol–water partition coefficient (Wildman–Crippen LogP) is 4.90. The first kappa shape index (κ1) is 19.3. The van der Waals surface area contributed by atoms with Crippen LogP contribution < -0.4 is 14.8 Å². The van der Waals surface area contributed by atoms with E-state index in [1.165, 1.54) is 0 Å². The number of aromatic nitrogens is 3. The average molecular weight is 453 g/mol. The second kappa shape index (κ2) is 8.53. The van der Waals surface area contributed by atoms with Crippen molar-refractivity contribution in [2.45, 2.75) is 12.5 Å². The zero-order valence-corrected chi connectivity index (χ0v) is 17.8. The molecule has 0 bridgehead atoms. The van der Waals surface area contributed by atoms with E-state index in [0.717, 1.165) is 44.9 Å². The number of anilines is 1. The number of benzene rings is 2. The first-order valence-corrected chi connectivity index (χ1v) is 9.98. The second-order valence-corrected chi connectivity index (χ2v) is 7.45. The molecule has 0 radical (unpaired) electrons. The van der Waals surface area contributed by atoms with Gasteiger partial charge in [0.2, 0.25) is 0 Å². The monoisotopic (exact) mass is 452 g/mol. The first-order valence-electron chi connectivity index (χ1n) is 9.19. The Morgan fingerprint density at radius 3 is 2.62 bits per heavy atom. The Morgan fingerprint density at radius 2 is 1.83 bits per heavy atom. The highest BCUT2D eigenvalue weighted by Gasteiger charge is 2.17. The largest absolute Gasteiger partial charge is 0.497 e. The molecule has 6 nitrogen and oxygen atoms in total. The zero-order chi connectivity index (χ0) is 20.2. The number of nitrogens with zero attached hydrogens (tertiary/aromatic N) is 3. The molecular formula is C22H21BrN4O2. The van der Waals surface area contributed by atoms with E-state index in [2.05, 4.69) is 49.5 Å². The molecule has 1 unspecified atom stereocenters. The Labute approximate surface area is 177 Å². The van der Waals surface area contributed by atoms with Crippen LogP contribution >= 0.6 is 15.9 Å². The van der Waals surface area contributed by atoms with Crippen molar-refractivity contribution in [3.8, 4) is 11.5 Å². The average Bonchev–Trinajstić information content (AvgIpc) is 3.15. The predicted molar refractivity (Wildman–Crippen MR) is 117 cm³/mol. The number of nitrogens with one attached hydrogen (secondary N) is 1. The summed E-state index contributed by atoms with van der Waals surface area (Å²) < 4.78 is 13.5. The van der Waals surface area contributed by atoms with Crippen molar-refractivity contribution < 1.29 is 9.47 Å². The Morgan fingerprint density at radius 1 is 1.07 bits per heavy atom. The fraction of sp³-hybridized carbons (Fsp3) is 0.182. The molecule has 1 atom stereocenters. The summed E-state index contributed by atoms with van der Waals surface area (Å²) in [6, 6.07) is 16.1. The van der Waals surface area contributed by atoms with Gasteiger partial charge in [-0.15, -0.1) is 0 Å². The van der Waals surface area contributed by atoms with Crippen molar-refractivity contribution in [2.24, 2.45) is 0 Å². The molecular weight excluding hydrogens is 432 g/mol. The summed E-state index contributed by atoms with van der Waals surface area (Å²) in [6.07, 6.45) is 6.08. The van der Waals surface area contributed by atoms with E-state index in [4.69, 9.17) is 9.47 Å². The van der Waals surface area contributed by atoms with Gasteiger partial charge in [0, 0.05) is 12.4 Å². The zero-order valence-electron chi connectivity index (χ0n) is 16.2. The topological polar surface area (TPSA) is 60.7 Å². The maximum Gasteiger partial charge on any atom is 0.153 e. The summed E-state index contributed by atoms with van der Waals surface area (Å²) in [5, 5.41) is 7.95. The van der Waals surface area contributed by atoms with Crippen molar-refractivity contribution in [2.75, 3.05) is 19.5 Å². The number of hydrogen-bond acceptors (Lipinski definition) is 5. The van der Waals surface area contributed by atoms with Crippen LogP contribution in [0.1, 0.15) is 17.2 Å². The number of hydrogen-bond donors (Lipinski definition) is 1. The molecule has 0 aliphatic rings. The summed E-state index contributed by atoms with van der Waals surface area (Å²) in [7, 11) is 3.36. The third-order valence-corrected chi connectivity index (χ3v) is 5.35. The molecule has 2 aromatic carbocycles. The number of rotatable bonds is 7. The van der Waals surface area contributed by atoms with Crippen LogP contribution in [0.5, 0.6) is 11.5 Å². The molecule has 0 fully saturated rings. The minimum absolute atomic E-state index is 0.0299. The third kappa shape index (κ3) is 4.19. The summed E-state index contributed by atoms with van der Waals surface area (Å²) in [5.74, 6) is 2.41. The van der Waals surface area contributed by atoms with Crippen molar-refractivity contribution in [3.63, 3.8) is 0 Å². The van der Waals surface area contributed by atoms with Crippen LogP contribution in [0.2, 0.25) is 0 Å². The molecule has 0 saturated carbocycles. The fourth-order valence-electron chi connectivity index (χ4n) is 3.32. The number of fused-ring (bicyclic) bond motifs is 1. The van der Waals surface area contributed by atoms with Gasteiger partial charge >= 0.3 is 0 Å². The lowest BCUT2D eigenvalue weighted by atomic mass is 9.98.